The van der Waals surface area contributed by atoms with Gasteiger partial charge in [-0.3, -0.25) is 0 Å². The first kappa shape index (κ1) is 19.4. The second-order valence-corrected chi connectivity index (χ2v) is 8.98. The Balaban J connectivity index is 1.76. The van der Waals surface area contributed by atoms with Crippen LogP contribution in [0.25, 0.3) is 0 Å². The van der Waals surface area contributed by atoms with E-state index in [1.165, 1.54) is 16.4 Å². The molecule has 0 unspecified atom stereocenters. The molecule has 1 heterocycles. The SMILES string of the molecule is CN(C)Cc1cccc(CN2c3ccccc3N(c3ccccc3F)S2(=O)=O)c1. The van der Waals surface area contributed by atoms with Crippen molar-refractivity contribution in [2.24, 2.45) is 0 Å². The molecule has 0 aliphatic carbocycles. The summed E-state index contributed by atoms with van der Waals surface area (Å²) in [5.41, 5.74) is 2.97. The number of hydrogen-bond donors (Lipinski definition) is 0. The molecular weight excluding hydrogens is 389 g/mol. The number of para-hydroxylation sites is 3. The summed E-state index contributed by atoms with van der Waals surface area (Å²) in [6, 6.07) is 20.8. The van der Waals surface area contributed by atoms with E-state index in [1.807, 2.05) is 38.4 Å². The first-order chi connectivity index (χ1) is 13.9. The maximum absolute atomic E-state index is 14.5. The fourth-order valence-electron chi connectivity index (χ4n) is 3.59. The summed E-state index contributed by atoms with van der Waals surface area (Å²) in [6.07, 6.45) is 0. The molecule has 29 heavy (non-hydrogen) atoms. The fourth-order valence-corrected chi connectivity index (χ4v) is 5.30. The average Bonchev–Trinajstić information content (AvgIpc) is 2.89. The summed E-state index contributed by atoms with van der Waals surface area (Å²) in [6.45, 7) is 0.935. The molecule has 3 aromatic carbocycles. The van der Waals surface area contributed by atoms with Gasteiger partial charge in [0.05, 0.1) is 23.6 Å². The Bertz CT molecular complexity index is 1150. The van der Waals surface area contributed by atoms with Crippen LogP contribution < -0.4 is 8.61 Å². The second kappa shape index (κ2) is 7.50. The zero-order valence-electron chi connectivity index (χ0n) is 16.3. The predicted molar refractivity (Wildman–Crippen MR) is 114 cm³/mol. The Morgan fingerprint density at radius 1 is 0.828 bits per heavy atom. The van der Waals surface area contributed by atoms with Crippen molar-refractivity contribution in [3.05, 3.63) is 89.7 Å². The third kappa shape index (κ3) is 3.59. The quantitative estimate of drug-likeness (QED) is 0.629. The van der Waals surface area contributed by atoms with Gasteiger partial charge in [0, 0.05) is 6.54 Å². The molecular formula is C22H22FN3O2S. The molecule has 0 radical (unpaired) electrons. The molecule has 0 fully saturated rings. The van der Waals surface area contributed by atoms with Crippen LogP contribution in [0.3, 0.4) is 0 Å². The molecule has 0 atom stereocenters. The van der Waals surface area contributed by atoms with Crippen LogP contribution in [0.5, 0.6) is 0 Å². The molecule has 0 amide bonds. The van der Waals surface area contributed by atoms with Gasteiger partial charge in [0.2, 0.25) is 0 Å². The molecule has 0 spiro atoms. The highest BCUT2D eigenvalue weighted by atomic mass is 32.2. The van der Waals surface area contributed by atoms with Gasteiger partial charge in [-0.2, -0.15) is 8.42 Å². The molecule has 7 heteroatoms. The molecule has 0 saturated carbocycles. The molecule has 1 aliphatic heterocycles. The van der Waals surface area contributed by atoms with Crippen LogP contribution >= 0.6 is 0 Å². The third-order valence-corrected chi connectivity index (χ3v) is 6.50. The molecule has 0 bridgehead atoms. The van der Waals surface area contributed by atoms with Gasteiger partial charge in [-0.25, -0.2) is 13.0 Å². The van der Waals surface area contributed by atoms with Crippen LogP contribution in [0.4, 0.5) is 21.5 Å². The Morgan fingerprint density at radius 3 is 2.14 bits per heavy atom. The Hall–Kier alpha value is -2.90. The van der Waals surface area contributed by atoms with Crippen LogP contribution in [0.1, 0.15) is 11.1 Å². The van der Waals surface area contributed by atoms with Crippen molar-refractivity contribution in [1.82, 2.24) is 4.90 Å². The first-order valence-electron chi connectivity index (χ1n) is 9.27. The van der Waals surface area contributed by atoms with Crippen LogP contribution in [0.2, 0.25) is 0 Å². The predicted octanol–water partition coefficient (Wildman–Crippen LogP) is 4.29. The summed E-state index contributed by atoms with van der Waals surface area (Å²) < 4.78 is 43.8. The molecule has 0 saturated heterocycles. The van der Waals surface area contributed by atoms with Gasteiger partial charge in [0.15, 0.2) is 0 Å². The van der Waals surface area contributed by atoms with Gasteiger partial charge in [-0.05, 0) is 49.5 Å². The second-order valence-electron chi connectivity index (χ2n) is 7.28. The Morgan fingerprint density at radius 2 is 1.45 bits per heavy atom. The van der Waals surface area contributed by atoms with E-state index in [2.05, 4.69) is 4.90 Å². The van der Waals surface area contributed by atoms with Crippen molar-refractivity contribution in [1.29, 1.82) is 0 Å². The highest BCUT2D eigenvalue weighted by molar-refractivity contribution is 7.95. The monoisotopic (exact) mass is 411 g/mol. The summed E-state index contributed by atoms with van der Waals surface area (Å²) in [5, 5.41) is 0. The van der Waals surface area contributed by atoms with Crippen molar-refractivity contribution in [3.8, 4) is 0 Å². The zero-order chi connectivity index (χ0) is 20.6. The summed E-state index contributed by atoms with van der Waals surface area (Å²) in [5.74, 6) is -0.583. The van der Waals surface area contributed by atoms with E-state index in [4.69, 9.17) is 0 Å². The van der Waals surface area contributed by atoms with Crippen molar-refractivity contribution >= 4 is 27.3 Å². The van der Waals surface area contributed by atoms with Gasteiger partial charge in [-0.15, -0.1) is 0 Å². The lowest BCUT2D eigenvalue weighted by atomic mass is 10.1. The molecule has 0 aromatic heterocycles. The van der Waals surface area contributed by atoms with Crippen molar-refractivity contribution in [3.63, 3.8) is 0 Å². The number of benzene rings is 3. The van der Waals surface area contributed by atoms with Crippen LogP contribution in [-0.4, -0.2) is 27.4 Å². The van der Waals surface area contributed by atoms with Crippen LogP contribution in [0, 0.1) is 5.82 Å². The molecule has 5 nitrogen and oxygen atoms in total. The standard InChI is InChI=1S/C22H22FN3O2S/c1-24(2)15-17-8-7-9-18(14-17)16-25-21-12-5-6-13-22(21)26(29(25,27)28)20-11-4-3-10-19(20)23/h3-14H,15-16H2,1-2H3. The average molecular weight is 412 g/mol. The van der Waals surface area contributed by atoms with Crippen molar-refractivity contribution in [2.45, 2.75) is 13.1 Å². The fraction of sp³-hybridized carbons (Fsp3) is 0.182. The van der Waals surface area contributed by atoms with Gasteiger partial charge in [-0.1, -0.05) is 48.5 Å². The third-order valence-electron chi connectivity index (χ3n) is 4.77. The van der Waals surface area contributed by atoms with Crippen molar-refractivity contribution < 1.29 is 12.8 Å². The number of rotatable bonds is 5. The highest BCUT2D eigenvalue weighted by Gasteiger charge is 2.42. The molecule has 150 valence electrons. The van der Waals surface area contributed by atoms with Crippen molar-refractivity contribution in [2.75, 3.05) is 22.7 Å². The molecule has 3 aromatic rings. The largest absolute Gasteiger partial charge is 0.331 e. The van der Waals surface area contributed by atoms with Gasteiger partial charge in [0.1, 0.15) is 5.82 Å². The summed E-state index contributed by atoms with van der Waals surface area (Å²) in [7, 11) is -0.00791. The number of hydrogen-bond acceptors (Lipinski definition) is 3. The highest BCUT2D eigenvalue weighted by Crippen LogP contribution is 2.46. The lowest BCUT2D eigenvalue weighted by molar-refractivity contribution is 0.402. The summed E-state index contributed by atoms with van der Waals surface area (Å²) in [4.78, 5) is 2.06. The molecule has 4 rings (SSSR count). The van der Waals surface area contributed by atoms with Gasteiger partial charge >= 0.3 is 10.2 Å². The van der Waals surface area contributed by atoms with E-state index in [-0.39, 0.29) is 12.2 Å². The topological polar surface area (TPSA) is 43.9 Å². The van der Waals surface area contributed by atoms with Gasteiger partial charge < -0.3 is 4.90 Å². The van der Waals surface area contributed by atoms with Crippen LogP contribution in [-0.2, 0) is 23.3 Å². The lowest BCUT2D eigenvalue weighted by Gasteiger charge is -2.22. The smallest absolute Gasteiger partial charge is 0.305 e. The maximum atomic E-state index is 14.5. The molecule has 0 N–H and O–H groups in total. The van der Waals surface area contributed by atoms with Gasteiger partial charge in [0.25, 0.3) is 0 Å². The van der Waals surface area contributed by atoms with E-state index < -0.39 is 16.0 Å². The Kier molecular flexibility index (Phi) is 5.02. The van der Waals surface area contributed by atoms with E-state index in [1.54, 1.807) is 36.4 Å². The van der Waals surface area contributed by atoms with E-state index in [9.17, 15) is 12.8 Å². The Labute approximate surface area is 170 Å². The number of halogens is 1. The van der Waals surface area contributed by atoms with E-state index >= 15 is 0 Å². The lowest BCUT2D eigenvalue weighted by Crippen LogP contribution is -2.35. The minimum absolute atomic E-state index is 0.0174. The number of nitrogens with zero attached hydrogens (tertiary/aromatic N) is 3. The van der Waals surface area contributed by atoms with Crippen LogP contribution in [0.15, 0.2) is 72.8 Å². The minimum atomic E-state index is -3.98. The summed E-state index contributed by atoms with van der Waals surface area (Å²) >= 11 is 0. The number of anilines is 3. The maximum Gasteiger partial charge on any atom is 0.331 e. The first-order valence-corrected chi connectivity index (χ1v) is 10.7. The van der Waals surface area contributed by atoms with E-state index in [0.29, 0.717) is 11.4 Å². The molecule has 1 aliphatic rings. The number of fused-ring (bicyclic) bond motifs is 1. The minimum Gasteiger partial charge on any atom is -0.305 e. The zero-order valence-corrected chi connectivity index (χ0v) is 17.1. The van der Waals surface area contributed by atoms with E-state index in [0.717, 1.165) is 22.0 Å². The normalized spacial score (nSPS) is 15.0.